The van der Waals surface area contributed by atoms with Crippen LogP contribution in [0.25, 0.3) is 11.4 Å². The van der Waals surface area contributed by atoms with Crippen molar-refractivity contribution in [1.82, 2.24) is 15.2 Å². The number of nitriles is 1. The van der Waals surface area contributed by atoms with E-state index in [1.165, 1.54) is 18.2 Å². The second-order valence-electron chi connectivity index (χ2n) is 5.61. The third kappa shape index (κ3) is 3.75. The first-order chi connectivity index (χ1) is 12.6. The first-order valence-corrected chi connectivity index (χ1v) is 7.92. The molecular weight excluding hydrogens is 333 g/mol. The number of aromatic amines is 1. The minimum Gasteiger partial charge on any atom is -0.366 e. The van der Waals surface area contributed by atoms with Crippen LogP contribution in [0.1, 0.15) is 33.7 Å². The van der Waals surface area contributed by atoms with Crippen LogP contribution < -0.4 is 5.73 Å². The van der Waals surface area contributed by atoms with Crippen molar-refractivity contribution in [2.75, 3.05) is 0 Å². The number of benzene rings is 2. The Kier molecular flexibility index (Phi) is 5.04. The lowest BCUT2D eigenvalue weighted by Gasteiger charge is -2.05. The van der Waals surface area contributed by atoms with E-state index in [2.05, 4.69) is 15.2 Å². The maximum atomic E-state index is 13.4. The number of primary amides is 1. The molecule has 0 aliphatic heterocycles. The van der Waals surface area contributed by atoms with Crippen LogP contribution in [-0.2, 0) is 6.42 Å². The summed E-state index contributed by atoms with van der Waals surface area (Å²) < 4.78 is 13.4. The van der Waals surface area contributed by atoms with Gasteiger partial charge in [0, 0.05) is 17.5 Å². The third-order valence-corrected chi connectivity index (χ3v) is 3.88. The lowest BCUT2D eigenvalue weighted by molar-refractivity contribution is 0.0999. The summed E-state index contributed by atoms with van der Waals surface area (Å²) in [4.78, 5) is 15.8. The Bertz CT molecular complexity index is 990. The third-order valence-electron chi connectivity index (χ3n) is 3.88. The molecule has 2 aromatic carbocycles. The minimum atomic E-state index is -0.577. The van der Waals surface area contributed by atoms with Gasteiger partial charge in [0.1, 0.15) is 17.7 Å². The molecule has 0 aliphatic rings. The first-order valence-electron chi connectivity index (χ1n) is 7.92. The van der Waals surface area contributed by atoms with Gasteiger partial charge < -0.3 is 5.73 Å². The molecular formula is C19H15FN5O. The summed E-state index contributed by atoms with van der Waals surface area (Å²) in [5.74, 6) is -0.0940. The van der Waals surface area contributed by atoms with E-state index in [-0.39, 0.29) is 5.56 Å². The van der Waals surface area contributed by atoms with E-state index in [4.69, 9.17) is 11.0 Å². The predicted molar refractivity (Wildman–Crippen MR) is 93.2 cm³/mol. The highest BCUT2D eigenvalue weighted by atomic mass is 19.1. The number of nitrogens with one attached hydrogen (secondary N) is 1. The number of aryl methyl sites for hydroxylation is 1. The SMILES string of the molecule is N#Cc1cc(-c2n[nH]c([CH]CCc3ccccc3C(N)=O)n2)ccc1F. The number of carbonyl (C=O) groups is 1. The standard InChI is InChI=1S/C19H15FN5O/c20-16-9-8-13(10-14(16)11-21)19-23-17(24-25-19)7-3-5-12-4-1-2-6-15(12)18(22)26/h1-2,4,6-10H,3,5H2,(H2,22,26)(H,23,24,25). The van der Waals surface area contributed by atoms with E-state index < -0.39 is 11.7 Å². The lowest BCUT2D eigenvalue weighted by atomic mass is 10.0. The Labute approximate surface area is 149 Å². The van der Waals surface area contributed by atoms with Crippen LogP contribution in [0.3, 0.4) is 0 Å². The van der Waals surface area contributed by atoms with Gasteiger partial charge in [0.15, 0.2) is 5.82 Å². The van der Waals surface area contributed by atoms with E-state index in [1.54, 1.807) is 18.2 Å². The first kappa shape index (κ1) is 17.3. The maximum absolute atomic E-state index is 13.4. The molecule has 3 N–H and O–H groups in total. The fourth-order valence-electron chi connectivity index (χ4n) is 2.59. The number of carbonyl (C=O) groups excluding carboxylic acids is 1. The van der Waals surface area contributed by atoms with Crippen LogP contribution in [-0.4, -0.2) is 21.1 Å². The van der Waals surface area contributed by atoms with Crippen molar-refractivity contribution in [2.24, 2.45) is 5.73 Å². The monoisotopic (exact) mass is 348 g/mol. The zero-order chi connectivity index (χ0) is 18.5. The zero-order valence-corrected chi connectivity index (χ0v) is 13.7. The lowest BCUT2D eigenvalue weighted by Crippen LogP contribution is -2.13. The van der Waals surface area contributed by atoms with Crippen molar-refractivity contribution >= 4 is 5.91 Å². The van der Waals surface area contributed by atoms with Gasteiger partial charge in [-0.05, 0) is 42.7 Å². The normalized spacial score (nSPS) is 10.5. The molecule has 1 amide bonds. The summed E-state index contributed by atoms with van der Waals surface area (Å²) in [6.45, 7) is 0. The molecule has 0 fully saturated rings. The molecule has 0 atom stereocenters. The molecule has 0 bridgehead atoms. The Hall–Kier alpha value is -3.53. The number of halogens is 1. The summed E-state index contributed by atoms with van der Waals surface area (Å²) in [6.07, 6.45) is 3.11. The van der Waals surface area contributed by atoms with E-state index in [0.29, 0.717) is 35.6 Å². The van der Waals surface area contributed by atoms with E-state index in [1.807, 2.05) is 18.6 Å². The van der Waals surface area contributed by atoms with Crippen molar-refractivity contribution in [3.8, 4) is 17.5 Å². The van der Waals surface area contributed by atoms with Crippen LogP contribution in [0.4, 0.5) is 4.39 Å². The van der Waals surface area contributed by atoms with Gasteiger partial charge in [0.25, 0.3) is 0 Å². The molecule has 0 unspecified atom stereocenters. The molecule has 26 heavy (non-hydrogen) atoms. The van der Waals surface area contributed by atoms with Gasteiger partial charge >= 0.3 is 0 Å². The maximum Gasteiger partial charge on any atom is 0.248 e. The van der Waals surface area contributed by atoms with Crippen LogP contribution in [0.2, 0.25) is 0 Å². The van der Waals surface area contributed by atoms with Crippen LogP contribution in [0.5, 0.6) is 0 Å². The molecule has 0 aliphatic carbocycles. The molecule has 129 valence electrons. The van der Waals surface area contributed by atoms with E-state index >= 15 is 0 Å². The number of rotatable bonds is 6. The van der Waals surface area contributed by atoms with E-state index in [0.717, 1.165) is 5.56 Å². The van der Waals surface area contributed by atoms with E-state index in [9.17, 15) is 9.18 Å². The molecule has 1 radical (unpaired) electrons. The Balaban J connectivity index is 1.67. The average molecular weight is 348 g/mol. The fraction of sp³-hybridized carbons (Fsp3) is 0.105. The molecule has 1 aromatic heterocycles. The Morgan fingerprint density at radius 1 is 1.31 bits per heavy atom. The quantitative estimate of drug-likeness (QED) is 0.714. The average Bonchev–Trinajstić information content (AvgIpc) is 3.11. The zero-order valence-electron chi connectivity index (χ0n) is 13.7. The summed E-state index contributed by atoms with van der Waals surface area (Å²) in [5, 5.41) is 15.8. The number of hydrogen-bond donors (Lipinski definition) is 2. The number of nitrogens with zero attached hydrogens (tertiary/aromatic N) is 3. The summed E-state index contributed by atoms with van der Waals surface area (Å²) in [7, 11) is 0. The van der Waals surface area contributed by atoms with Crippen LogP contribution in [0, 0.1) is 23.6 Å². The highest BCUT2D eigenvalue weighted by molar-refractivity contribution is 5.94. The van der Waals surface area contributed by atoms with Crippen molar-refractivity contribution in [3.05, 3.63) is 77.2 Å². The number of amides is 1. The van der Waals surface area contributed by atoms with Gasteiger partial charge in [-0.25, -0.2) is 9.37 Å². The fourth-order valence-corrected chi connectivity index (χ4v) is 2.59. The number of H-pyrrole nitrogens is 1. The van der Waals surface area contributed by atoms with Crippen LogP contribution >= 0.6 is 0 Å². The molecule has 1 heterocycles. The topological polar surface area (TPSA) is 108 Å². The second kappa shape index (κ2) is 7.57. The van der Waals surface area contributed by atoms with Crippen LogP contribution in [0.15, 0.2) is 42.5 Å². The molecule has 0 spiro atoms. The van der Waals surface area contributed by atoms with Crippen molar-refractivity contribution in [1.29, 1.82) is 5.26 Å². The highest BCUT2D eigenvalue weighted by Gasteiger charge is 2.11. The van der Waals surface area contributed by atoms with Gasteiger partial charge in [-0.1, -0.05) is 18.2 Å². The van der Waals surface area contributed by atoms with Crippen molar-refractivity contribution in [2.45, 2.75) is 12.8 Å². The Morgan fingerprint density at radius 2 is 2.12 bits per heavy atom. The second-order valence-corrected chi connectivity index (χ2v) is 5.61. The largest absolute Gasteiger partial charge is 0.366 e. The van der Waals surface area contributed by atoms with Gasteiger partial charge in [-0.15, -0.1) is 0 Å². The molecule has 3 rings (SSSR count). The number of aromatic nitrogens is 3. The summed E-state index contributed by atoms with van der Waals surface area (Å²) >= 11 is 0. The molecule has 3 aromatic rings. The van der Waals surface area contributed by atoms with Gasteiger partial charge in [-0.2, -0.15) is 10.4 Å². The summed E-state index contributed by atoms with van der Waals surface area (Å²) in [6, 6.07) is 13.1. The predicted octanol–water partition coefficient (Wildman–Crippen LogP) is 2.77. The number of nitrogens with two attached hydrogens (primary N) is 1. The Morgan fingerprint density at radius 3 is 2.88 bits per heavy atom. The molecule has 0 saturated carbocycles. The molecule has 6 nitrogen and oxygen atoms in total. The van der Waals surface area contributed by atoms with Gasteiger partial charge in [0.2, 0.25) is 5.91 Å². The summed E-state index contributed by atoms with van der Waals surface area (Å²) in [5.41, 5.74) is 7.25. The number of hydrogen-bond acceptors (Lipinski definition) is 4. The smallest absolute Gasteiger partial charge is 0.248 e. The molecule has 7 heteroatoms. The van der Waals surface area contributed by atoms with Gasteiger partial charge in [0.05, 0.1) is 5.56 Å². The van der Waals surface area contributed by atoms with Crippen molar-refractivity contribution in [3.63, 3.8) is 0 Å². The van der Waals surface area contributed by atoms with Gasteiger partial charge in [-0.3, -0.25) is 9.89 Å². The minimum absolute atomic E-state index is 0.0547. The van der Waals surface area contributed by atoms with Crippen molar-refractivity contribution < 1.29 is 9.18 Å². The highest BCUT2D eigenvalue weighted by Crippen LogP contribution is 2.19. The molecule has 0 saturated heterocycles.